The summed E-state index contributed by atoms with van der Waals surface area (Å²) < 4.78 is 16.6. The summed E-state index contributed by atoms with van der Waals surface area (Å²) in [6.45, 7) is 6.26. The molecule has 0 aliphatic rings. The lowest BCUT2D eigenvalue weighted by Crippen LogP contribution is -2.14. The Morgan fingerprint density at radius 3 is 2.35 bits per heavy atom. The Kier molecular flexibility index (Phi) is 5.35. The van der Waals surface area contributed by atoms with Crippen LogP contribution in [0.15, 0.2) is 29.2 Å². The molecule has 0 spiro atoms. The first-order chi connectivity index (χ1) is 8.04. The van der Waals surface area contributed by atoms with Gasteiger partial charge in [0.15, 0.2) is 0 Å². The van der Waals surface area contributed by atoms with Gasteiger partial charge >= 0.3 is 5.97 Å². The number of carbonyl (C=O) groups excluding carboxylic acids is 1. The van der Waals surface area contributed by atoms with Crippen LogP contribution < -0.4 is 0 Å². The van der Waals surface area contributed by atoms with E-state index in [1.165, 1.54) is 5.56 Å². The van der Waals surface area contributed by atoms with E-state index in [4.69, 9.17) is 4.74 Å². The van der Waals surface area contributed by atoms with Crippen molar-refractivity contribution < 1.29 is 13.7 Å². The van der Waals surface area contributed by atoms with Gasteiger partial charge in [-0.2, -0.15) is 0 Å². The maximum atomic E-state index is 11.8. The summed E-state index contributed by atoms with van der Waals surface area (Å²) in [7, 11) is -1.31. The predicted octanol–water partition coefficient (Wildman–Crippen LogP) is 2.48. The Bertz CT molecular complexity index is 396. The van der Waals surface area contributed by atoms with Gasteiger partial charge in [-0.25, -0.2) is 0 Å². The van der Waals surface area contributed by atoms with E-state index in [0.29, 0.717) is 17.4 Å². The number of carbonyl (C=O) groups is 1. The molecule has 17 heavy (non-hydrogen) atoms. The fourth-order valence-electron chi connectivity index (χ4n) is 1.40. The minimum Gasteiger partial charge on any atom is -0.465 e. The zero-order valence-electron chi connectivity index (χ0n) is 10.4. The highest BCUT2D eigenvalue weighted by Gasteiger charge is 2.11. The van der Waals surface area contributed by atoms with Crippen LogP contribution in [-0.2, 0) is 20.3 Å². The largest absolute Gasteiger partial charge is 0.465 e. The highest BCUT2D eigenvalue weighted by atomic mass is 32.2. The lowest BCUT2D eigenvalue weighted by atomic mass is 10.0. The number of hydrogen-bond acceptors (Lipinski definition) is 3. The summed E-state index contributed by atoms with van der Waals surface area (Å²) in [5.74, 6) is -0.0455. The van der Waals surface area contributed by atoms with Crippen molar-refractivity contribution in [2.45, 2.75) is 31.6 Å². The van der Waals surface area contributed by atoms with Crippen molar-refractivity contribution in [3.05, 3.63) is 29.8 Å². The molecule has 1 rings (SSSR count). The third kappa shape index (κ3) is 4.30. The van der Waals surface area contributed by atoms with Gasteiger partial charge in [0.05, 0.1) is 17.4 Å². The number of benzene rings is 1. The molecule has 0 fully saturated rings. The lowest BCUT2D eigenvalue weighted by molar-refractivity contribution is -0.139. The number of hydrogen-bond donors (Lipinski definition) is 0. The van der Waals surface area contributed by atoms with Crippen molar-refractivity contribution in [3.63, 3.8) is 0 Å². The van der Waals surface area contributed by atoms with Crippen molar-refractivity contribution in [1.29, 1.82) is 0 Å². The molecule has 1 unspecified atom stereocenters. The van der Waals surface area contributed by atoms with Crippen LogP contribution >= 0.6 is 0 Å². The number of ether oxygens (including phenoxy) is 1. The Hall–Kier alpha value is -1.16. The van der Waals surface area contributed by atoms with Crippen molar-refractivity contribution in [3.8, 4) is 0 Å². The van der Waals surface area contributed by atoms with E-state index in [1.807, 2.05) is 24.3 Å². The van der Waals surface area contributed by atoms with E-state index in [9.17, 15) is 9.00 Å². The van der Waals surface area contributed by atoms with Crippen LogP contribution in [-0.4, -0.2) is 22.5 Å². The molecule has 1 atom stereocenters. The second-order valence-electron chi connectivity index (χ2n) is 4.02. The van der Waals surface area contributed by atoms with Gasteiger partial charge in [0, 0.05) is 4.90 Å². The minimum atomic E-state index is -1.31. The summed E-state index contributed by atoms with van der Waals surface area (Å²) in [6.07, 6.45) is 0. The molecule has 0 bridgehead atoms. The SMILES string of the molecule is CCOC(=O)CS(=O)c1ccc(C(C)C)cc1. The summed E-state index contributed by atoms with van der Waals surface area (Å²) in [6, 6.07) is 7.52. The molecular weight excluding hydrogens is 236 g/mol. The van der Waals surface area contributed by atoms with E-state index in [0.717, 1.165) is 0 Å². The summed E-state index contributed by atoms with van der Waals surface area (Å²) in [5.41, 5.74) is 1.20. The molecule has 0 saturated heterocycles. The molecule has 3 nitrogen and oxygen atoms in total. The zero-order valence-corrected chi connectivity index (χ0v) is 11.3. The van der Waals surface area contributed by atoms with Crippen LogP contribution in [0, 0.1) is 0 Å². The topological polar surface area (TPSA) is 43.4 Å². The highest BCUT2D eigenvalue weighted by molar-refractivity contribution is 7.85. The van der Waals surface area contributed by atoms with Crippen molar-refractivity contribution in [2.75, 3.05) is 12.4 Å². The van der Waals surface area contributed by atoms with Gasteiger partial charge in [0.2, 0.25) is 0 Å². The van der Waals surface area contributed by atoms with Crippen molar-refractivity contribution >= 4 is 16.8 Å². The molecule has 4 heteroatoms. The molecule has 94 valence electrons. The Labute approximate surface area is 105 Å². The first kappa shape index (κ1) is 13.9. The Balaban J connectivity index is 2.67. The van der Waals surface area contributed by atoms with Crippen molar-refractivity contribution in [1.82, 2.24) is 0 Å². The van der Waals surface area contributed by atoms with Gasteiger partial charge in [-0.1, -0.05) is 26.0 Å². The quantitative estimate of drug-likeness (QED) is 0.758. The molecule has 0 aliphatic heterocycles. The second kappa shape index (κ2) is 6.55. The van der Waals surface area contributed by atoms with Gasteiger partial charge in [-0.15, -0.1) is 0 Å². The van der Waals surface area contributed by atoms with E-state index in [2.05, 4.69) is 13.8 Å². The lowest BCUT2D eigenvalue weighted by Gasteiger charge is -2.06. The molecule has 0 aliphatic carbocycles. The van der Waals surface area contributed by atoms with Crippen LogP contribution in [0.25, 0.3) is 0 Å². The average molecular weight is 254 g/mol. The number of rotatable bonds is 5. The standard InChI is InChI=1S/C13H18O3S/c1-4-16-13(14)9-17(15)12-7-5-11(6-8-12)10(2)3/h5-8,10H,4,9H2,1-3H3. The summed E-state index contributed by atoms with van der Waals surface area (Å²) >= 11 is 0. The number of esters is 1. The third-order valence-electron chi connectivity index (χ3n) is 2.36. The molecule has 1 aromatic rings. The summed E-state index contributed by atoms with van der Waals surface area (Å²) in [4.78, 5) is 11.9. The Morgan fingerprint density at radius 1 is 1.29 bits per heavy atom. The summed E-state index contributed by atoms with van der Waals surface area (Å²) in [5, 5.41) is 0. The normalized spacial score (nSPS) is 12.5. The zero-order chi connectivity index (χ0) is 12.8. The molecule has 0 saturated carbocycles. The van der Waals surface area contributed by atoms with Gasteiger partial charge in [-0.05, 0) is 30.5 Å². The smallest absolute Gasteiger partial charge is 0.318 e. The van der Waals surface area contributed by atoms with Gasteiger partial charge in [0.1, 0.15) is 5.75 Å². The third-order valence-corrected chi connectivity index (χ3v) is 3.66. The minimum absolute atomic E-state index is 0.0745. The van der Waals surface area contributed by atoms with Gasteiger partial charge < -0.3 is 4.74 Å². The maximum Gasteiger partial charge on any atom is 0.318 e. The van der Waals surface area contributed by atoms with E-state index < -0.39 is 16.8 Å². The van der Waals surface area contributed by atoms with Gasteiger partial charge in [-0.3, -0.25) is 9.00 Å². The molecule has 0 amide bonds. The maximum absolute atomic E-state index is 11.8. The predicted molar refractivity (Wildman–Crippen MR) is 68.4 cm³/mol. The van der Waals surface area contributed by atoms with E-state index in [-0.39, 0.29) is 5.75 Å². The van der Waals surface area contributed by atoms with Gasteiger partial charge in [0.25, 0.3) is 0 Å². The monoisotopic (exact) mass is 254 g/mol. The van der Waals surface area contributed by atoms with Crippen molar-refractivity contribution in [2.24, 2.45) is 0 Å². The van der Waals surface area contributed by atoms with Crippen LogP contribution in [0.2, 0.25) is 0 Å². The molecule has 0 N–H and O–H groups in total. The van der Waals surface area contributed by atoms with E-state index in [1.54, 1.807) is 6.92 Å². The van der Waals surface area contributed by atoms with Crippen LogP contribution in [0.3, 0.4) is 0 Å². The fraction of sp³-hybridized carbons (Fsp3) is 0.462. The molecular formula is C13H18O3S. The molecule has 1 aromatic carbocycles. The highest BCUT2D eigenvalue weighted by Crippen LogP contribution is 2.16. The Morgan fingerprint density at radius 2 is 1.88 bits per heavy atom. The second-order valence-corrected chi connectivity index (χ2v) is 5.47. The first-order valence-corrected chi connectivity index (χ1v) is 7.00. The van der Waals surface area contributed by atoms with Crippen LogP contribution in [0.1, 0.15) is 32.3 Å². The molecule has 0 heterocycles. The average Bonchev–Trinajstić information content (AvgIpc) is 2.29. The molecule has 0 radical (unpaired) electrons. The first-order valence-electron chi connectivity index (χ1n) is 5.68. The van der Waals surface area contributed by atoms with Crippen LogP contribution in [0.5, 0.6) is 0 Å². The fourth-order valence-corrected chi connectivity index (χ4v) is 2.30. The molecule has 0 aromatic heterocycles. The van der Waals surface area contributed by atoms with E-state index >= 15 is 0 Å². The van der Waals surface area contributed by atoms with Crippen LogP contribution in [0.4, 0.5) is 0 Å².